The van der Waals surface area contributed by atoms with Gasteiger partial charge in [0.1, 0.15) is 0 Å². The van der Waals surface area contributed by atoms with Gasteiger partial charge < -0.3 is 20.3 Å². The molecule has 1 aliphatic heterocycles. The van der Waals surface area contributed by atoms with E-state index in [0.29, 0.717) is 13.2 Å². The fraction of sp³-hybridized carbons (Fsp3) is 0.533. The van der Waals surface area contributed by atoms with Gasteiger partial charge in [-0.05, 0) is 24.1 Å². The molecule has 1 heterocycles. The van der Waals surface area contributed by atoms with Crippen LogP contribution in [-0.2, 0) is 16.1 Å². The lowest BCUT2D eigenvalue weighted by Crippen LogP contribution is -2.33. The number of methoxy groups -OCH3 is 1. The molecule has 2 rings (SSSR count). The first-order valence-electron chi connectivity index (χ1n) is 7.20. The van der Waals surface area contributed by atoms with E-state index in [0.717, 1.165) is 42.8 Å². The molecule has 0 aromatic heterocycles. The minimum Gasteiger partial charge on any atom is -0.383 e. The molecular weight excluding hydrogens is 334 g/mol. The number of rotatable bonds is 6. The van der Waals surface area contributed by atoms with Gasteiger partial charge in [-0.1, -0.05) is 22.0 Å². The van der Waals surface area contributed by atoms with Crippen LogP contribution in [0.3, 0.4) is 0 Å². The number of carbonyl (C=O) groups is 1. The zero-order valence-electron chi connectivity index (χ0n) is 12.3. The van der Waals surface area contributed by atoms with Gasteiger partial charge in [-0.2, -0.15) is 0 Å². The van der Waals surface area contributed by atoms with Gasteiger partial charge in [-0.15, -0.1) is 0 Å². The van der Waals surface area contributed by atoms with Gasteiger partial charge in [0.25, 0.3) is 0 Å². The van der Waals surface area contributed by atoms with Gasteiger partial charge in [-0.3, -0.25) is 4.79 Å². The van der Waals surface area contributed by atoms with Crippen molar-refractivity contribution in [2.45, 2.75) is 13.0 Å². The van der Waals surface area contributed by atoms with Crippen LogP contribution >= 0.6 is 15.9 Å². The van der Waals surface area contributed by atoms with Crippen molar-refractivity contribution in [3.05, 3.63) is 28.2 Å². The summed E-state index contributed by atoms with van der Waals surface area (Å²) in [5, 5.41) is 6.22. The maximum absolute atomic E-state index is 11.6. The van der Waals surface area contributed by atoms with Crippen molar-refractivity contribution in [1.29, 1.82) is 0 Å². The highest BCUT2D eigenvalue weighted by atomic mass is 79.9. The van der Waals surface area contributed by atoms with Crippen LogP contribution in [0.5, 0.6) is 0 Å². The number of amides is 1. The minimum absolute atomic E-state index is 0.0916. The van der Waals surface area contributed by atoms with Crippen LogP contribution in [0.2, 0.25) is 0 Å². The number of hydrogen-bond acceptors (Lipinski definition) is 4. The number of nitrogens with one attached hydrogen (secondary N) is 2. The molecule has 0 atom stereocenters. The summed E-state index contributed by atoms with van der Waals surface area (Å²) in [5.41, 5.74) is 2.29. The molecule has 1 aliphatic rings. The molecule has 1 aromatic rings. The molecule has 0 saturated carbocycles. The van der Waals surface area contributed by atoms with Crippen LogP contribution in [0.1, 0.15) is 12.0 Å². The van der Waals surface area contributed by atoms with E-state index in [-0.39, 0.29) is 5.91 Å². The number of nitrogens with zero attached hydrogens (tertiary/aromatic N) is 1. The second-order valence-electron chi connectivity index (χ2n) is 5.07. The van der Waals surface area contributed by atoms with Crippen molar-refractivity contribution in [1.82, 2.24) is 10.6 Å². The summed E-state index contributed by atoms with van der Waals surface area (Å²) in [5.74, 6) is 0.0916. The van der Waals surface area contributed by atoms with E-state index >= 15 is 0 Å². The first kappa shape index (κ1) is 16.3. The molecule has 1 amide bonds. The Bertz CT molecular complexity index is 482. The van der Waals surface area contributed by atoms with Crippen LogP contribution in [0.4, 0.5) is 5.69 Å². The maximum atomic E-state index is 11.6. The number of carbonyl (C=O) groups excluding carboxylic acids is 1. The van der Waals surface area contributed by atoms with E-state index in [4.69, 9.17) is 4.74 Å². The number of ether oxygens (including phenoxy) is 1. The number of benzene rings is 1. The zero-order valence-corrected chi connectivity index (χ0v) is 13.9. The Balaban J connectivity index is 1.98. The number of hydrogen-bond donors (Lipinski definition) is 2. The van der Waals surface area contributed by atoms with Gasteiger partial charge in [0.05, 0.1) is 13.2 Å². The van der Waals surface area contributed by atoms with E-state index in [1.807, 2.05) is 0 Å². The van der Waals surface area contributed by atoms with Crippen LogP contribution in [0, 0.1) is 0 Å². The highest BCUT2D eigenvalue weighted by Crippen LogP contribution is 2.24. The summed E-state index contributed by atoms with van der Waals surface area (Å²) in [4.78, 5) is 13.8. The first-order valence-corrected chi connectivity index (χ1v) is 7.99. The Morgan fingerprint density at radius 1 is 1.48 bits per heavy atom. The van der Waals surface area contributed by atoms with E-state index in [9.17, 15) is 4.79 Å². The van der Waals surface area contributed by atoms with Crippen molar-refractivity contribution in [3.63, 3.8) is 0 Å². The normalized spacial score (nSPS) is 15.7. The Hall–Kier alpha value is -1.11. The molecule has 0 spiro atoms. The van der Waals surface area contributed by atoms with Crippen molar-refractivity contribution >= 4 is 27.5 Å². The van der Waals surface area contributed by atoms with Crippen molar-refractivity contribution in [2.24, 2.45) is 0 Å². The quantitative estimate of drug-likeness (QED) is 0.759. The zero-order chi connectivity index (χ0) is 15.1. The third-order valence-electron chi connectivity index (χ3n) is 3.46. The van der Waals surface area contributed by atoms with Crippen molar-refractivity contribution < 1.29 is 9.53 Å². The highest BCUT2D eigenvalue weighted by Gasteiger charge is 2.15. The lowest BCUT2D eigenvalue weighted by Gasteiger charge is -2.22. The standard InChI is InChI=1S/C15H22BrN3O2/c1-21-8-6-17-10-12-3-4-13(9-14(12)16)19-7-2-5-18-15(20)11-19/h3-4,9,17H,2,5-8,10-11H2,1H3,(H,18,20). The van der Waals surface area contributed by atoms with E-state index in [1.165, 1.54) is 5.56 Å². The lowest BCUT2D eigenvalue weighted by molar-refractivity contribution is -0.119. The Kier molecular flexibility index (Phi) is 6.48. The molecule has 0 unspecified atom stereocenters. The first-order chi connectivity index (χ1) is 10.2. The van der Waals surface area contributed by atoms with Gasteiger partial charge >= 0.3 is 0 Å². The molecule has 2 N–H and O–H groups in total. The van der Waals surface area contributed by atoms with Crippen LogP contribution < -0.4 is 15.5 Å². The maximum Gasteiger partial charge on any atom is 0.239 e. The third-order valence-corrected chi connectivity index (χ3v) is 4.20. The average molecular weight is 356 g/mol. The van der Waals surface area contributed by atoms with Gasteiger partial charge in [0, 0.05) is 43.4 Å². The molecule has 5 nitrogen and oxygen atoms in total. The van der Waals surface area contributed by atoms with Crippen LogP contribution in [0.15, 0.2) is 22.7 Å². The van der Waals surface area contributed by atoms with E-state index < -0.39 is 0 Å². The fourth-order valence-corrected chi connectivity index (χ4v) is 2.81. The van der Waals surface area contributed by atoms with Gasteiger partial charge in [0.15, 0.2) is 0 Å². The second kappa shape index (κ2) is 8.36. The van der Waals surface area contributed by atoms with Gasteiger partial charge in [0.2, 0.25) is 5.91 Å². The Morgan fingerprint density at radius 2 is 2.33 bits per heavy atom. The van der Waals surface area contributed by atoms with Crippen molar-refractivity contribution in [2.75, 3.05) is 44.8 Å². The summed E-state index contributed by atoms with van der Waals surface area (Å²) in [6.07, 6.45) is 0.976. The number of halogens is 1. The summed E-state index contributed by atoms with van der Waals surface area (Å²) in [7, 11) is 1.70. The molecule has 1 aromatic carbocycles. The molecule has 6 heteroatoms. The molecule has 116 valence electrons. The van der Waals surface area contributed by atoms with Gasteiger partial charge in [-0.25, -0.2) is 0 Å². The molecule has 1 fully saturated rings. The molecule has 0 radical (unpaired) electrons. The summed E-state index contributed by atoms with van der Waals surface area (Å²) < 4.78 is 6.08. The van der Waals surface area contributed by atoms with Crippen molar-refractivity contribution in [3.8, 4) is 0 Å². The van der Waals surface area contributed by atoms with E-state index in [2.05, 4.69) is 49.7 Å². The third kappa shape index (κ3) is 4.98. The Labute approximate surface area is 134 Å². The largest absolute Gasteiger partial charge is 0.383 e. The molecule has 1 saturated heterocycles. The SMILES string of the molecule is COCCNCc1ccc(N2CCCNC(=O)C2)cc1Br. The topological polar surface area (TPSA) is 53.6 Å². The molecular formula is C15H22BrN3O2. The smallest absolute Gasteiger partial charge is 0.239 e. The minimum atomic E-state index is 0.0916. The lowest BCUT2D eigenvalue weighted by atomic mass is 10.2. The predicted octanol–water partition coefficient (Wildman–Crippen LogP) is 1.51. The average Bonchev–Trinajstić information content (AvgIpc) is 2.69. The van der Waals surface area contributed by atoms with Crippen LogP contribution in [0.25, 0.3) is 0 Å². The number of anilines is 1. The monoisotopic (exact) mass is 355 g/mol. The highest BCUT2D eigenvalue weighted by molar-refractivity contribution is 9.10. The van der Waals surface area contributed by atoms with E-state index in [1.54, 1.807) is 7.11 Å². The fourth-order valence-electron chi connectivity index (χ4n) is 2.30. The predicted molar refractivity (Wildman–Crippen MR) is 87.6 cm³/mol. The summed E-state index contributed by atoms with van der Waals surface area (Å²) >= 11 is 3.62. The molecule has 0 aliphatic carbocycles. The summed E-state index contributed by atoms with van der Waals surface area (Å²) in [6, 6.07) is 6.27. The summed E-state index contributed by atoms with van der Waals surface area (Å²) in [6.45, 7) is 4.42. The molecule has 0 bridgehead atoms. The van der Waals surface area contributed by atoms with Crippen LogP contribution in [-0.4, -0.2) is 45.8 Å². The molecule has 21 heavy (non-hydrogen) atoms. The Morgan fingerprint density at radius 3 is 3.10 bits per heavy atom. The second-order valence-corrected chi connectivity index (χ2v) is 5.92.